The number of carbonyl (C=O) groups excluding carboxylic acids is 2. The van der Waals surface area contributed by atoms with Crippen molar-refractivity contribution in [3.63, 3.8) is 0 Å². The standard InChI is InChI=1S/C22H28N2O5S/c1-3-28-22(27)19-23-20-18(15-10-9-13(2)11-16(15)30-20)21(26)24(19)12-17(25)29-14-7-5-4-6-8-14/h13-14H,3-12H2,1-2H3/t13-/m0/s1. The second kappa shape index (κ2) is 8.88. The Bertz CT molecular complexity index is 1020. The zero-order chi connectivity index (χ0) is 21.3. The van der Waals surface area contributed by atoms with E-state index in [1.54, 1.807) is 6.92 Å². The first-order chi connectivity index (χ1) is 14.5. The smallest absolute Gasteiger partial charge is 0.374 e. The highest BCUT2D eigenvalue weighted by Gasteiger charge is 2.28. The maximum absolute atomic E-state index is 13.4. The third kappa shape index (κ3) is 4.15. The molecule has 0 amide bonds. The van der Waals surface area contributed by atoms with Crippen molar-refractivity contribution in [2.75, 3.05) is 6.61 Å². The zero-order valence-corrected chi connectivity index (χ0v) is 18.4. The summed E-state index contributed by atoms with van der Waals surface area (Å²) in [5, 5.41) is 0.542. The van der Waals surface area contributed by atoms with Crippen LogP contribution in [0.25, 0.3) is 10.2 Å². The summed E-state index contributed by atoms with van der Waals surface area (Å²) in [7, 11) is 0. The molecule has 2 heterocycles. The average Bonchev–Trinajstić information content (AvgIpc) is 3.08. The minimum Gasteiger partial charge on any atom is -0.461 e. The van der Waals surface area contributed by atoms with E-state index in [0.717, 1.165) is 66.4 Å². The molecule has 0 radical (unpaired) electrons. The average molecular weight is 433 g/mol. The van der Waals surface area contributed by atoms with Crippen molar-refractivity contribution in [3.8, 4) is 0 Å². The molecule has 8 heteroatoms. The quantitative estimate of drug-likeness (QED) is 0.671. The molecule has 2 aliphatic carbocycles. The van der Waals surface area contributed by atoms with Crippen molar-refractivity contribution >= 4 is 33.5 Å². The minimum atomic E-state index is -0.693. The van der Waals surface area contributed by atoms with E-state index in [0.29, 0.717) is 16.1 Å². The van der Waals surface area contributed by atoms with Gasteiger partial charge in [0, 0.05) is 4.88 Å². The monoisotopic (exact) mass is 432 g/mol. The predicted octanol–water partition coefficient (Wildman–Crippen LogP) is 3.64. The molecule has 0 saturated heterocycles. The third-order valence-electron chi connectivity index (χ3n) is 6.01. The van der Waals surface area contributed by atoms with Gasteiger partial charge in [0.25, 0.3) is 5.56 Å². The highest BCUT2D eigenvalue weighted by molar-refractivity contribution is 7.18. The van der Waals surface area contributed by atoms with Crippen molar-refractivity contribution in [2.24, 2.45) is 5.92 Å². The SMILES string of the molecule is CCOC(=O)c1nc2sc3c(c2c(=O)n1CC(=O)OC1CCCCC1)CC[C@H](C)C3. The van der Waals surface area contributed by atoms with Crippen LogP contribution in [0.1, 0.15) is 73.4 Å². The number of nitrogens with zero attached hydrogens (tertiary/aromatic N) is 2. The van der Waals surface area contributed by atoms with Gasteiger partial charge in [-0.3, -0.25) is 14.2 Å². The Morgan fingerprint density at radius 3 is 2.70 bits per heavy atom. The van der Waals surface area contributed by atoms with Gasteiger partial charge in [-0.1, -0.05) is 13.3 Å². The van der Waals surface area contributed by atoms with E-state index in [1.165, 1.54) is 11.3 Å². The van der Waals surface area contributed by atoms with Crippen molar-refractivity contribution < 1.29 is 19.1 Å². The van der Waals surface area contributed by atoms with Gasteiger partial charge in [-0.15, -0.1) is 11.3 Å². The second-order valence-corrected chi connectivity index (χ2v) is 9.41. The largest absolute Gasteiger partial charge is 0.461 e. The number of aromatic nitrogens is 2. The van der Waals surface area contributed by atoms with Gasteiger partial charge in [-0.25, -0.2) is 9.78 Å². The van der Waals surface area contributed by atoms with Gasteiger partial charge < -0.3 is 9.47 Å². The van der Waals surface area contributed by atoms with Crippen LogP contribution in [-0.2, 0) is 33.7 Å². The summed E-state index contributed by atoms with van der Waals surface area (Å²) in [4.78, 5) is 44.8. The van der Waals surface area contributed by atoms with Gasteiger partial charge in [0.2, 0.25) is 5.82 Å². The molecule has 2 aromatic heterocycles. The molecule has 0 spiro atoms. The fourth-order valence-corrected chi connectivity index (χ4v) is 5.83. The van der Waals surface area contributed by atoms with Crippen LogP contribution in [0.15, 0.2) is 4.79 Å². The molecule has 1 fully saturated rings. The molecule has 30 heavy (non-hydrogen) atoms. The summed E-state index contributed by atoms with van der Waals surface area (Å²) in [6, 6.07) is 0. The summed E-state index contributed by atoms with van der Waals surface area (Å²) in [5.41, 5.74) is 0.672. The Morgan fingerprint density at radius 2 is 1.97 bits per heavy atom. The second-order valence-electron chi connectivity index (χ2n) is 8.33. The van der Waals surface area contributed by atoms with Crippen LogP contribution in [0, 0.1) is 5.92 Å². The number of ether oxygens (including phenoxy) is 2. The highest BCUT2D eigenvalue weighted by atomic mass is 32.1. The maximum atomic E-state index is 13.4. The van der Waals surface area contributed by atoms with Crippen molar-refractivity contribution in [2.45, 2.75) is 77.9 Å². The fraction of sp³-hybridized carbons (Fsp3) is 0.636. The molecule has 0 N–H and O–H groups in total. The molecule has 7 nitrogen and oxygen atoms in total. The first-order valence-corrected chi connectivity index (χ1v) is 11.7. The van der Waals surface area contributed by atoms with Gasteiger partial charge in [-0.05, 0) is 63.4 Å². The van der Waals surface area contributed by atoms with Crippen LogP contribution in [0.2, 0.25) is 0 Å². The van der Waals surface area contributed by atoms with Gasteiger partial charge in [0.05, 0.1) is 12.0 Å². The molecule has 162 valence electrons. The van der Waals surface area contributed by atoms with Gasteiger partial charge in [-0.2, -0.15) is 0 Å². The highest BCUT2D eigenvalue weighted by Crippen LogP contribution is 2.36. The molecule has 4 rings (SSSR count). The number of esters is 2. The van der Waals surface area contributed by atoms with E-state index >= 15 is 0 Å². The first kappa shape index (κ1) is 21.0. The van der Waals surface area contributed by atoms with Crippen molar-refractivity contribution in [1.82, 2.24) is 9.55 Å². The molecule has 1 saturated carbocycles. The molecule has 0 aromatic carbocycles. The maximum Gasteiger partial charge on any atom is 0.374 e. The lowest BCUT2D eigenvalue weighted by Crippen LogP contribution is -2.33. The number of rotatable bonds is 5. The lowest BCUT2D eigenvalue weighted by Gasteiger charge is -2.22. The molecule has 0 bridgehead atoms. The van der Waals surface area contributed by atoms with Crippen LogP contribution in [0.4, 0.5) is 0 Å². The van der Waals surface area contributed by atoms with E-state index in [4.69, 9.17) is 9.47 Å². The Hall–Kier alpha value is -2.22. The molecule has 0 aliphatic heterocycles. The fourth-order valence-electron chi connectivity index (χ4n) is 4.46. The lowest BCUT2D eigenvalue weighted by atomic mass is 9.89. The third-order valence-corrected chi connectivity index (χ3v) is 7.16. The summed E-state index contributed by atoms with van der Waals surface area (Å²) < 4.78 is 11.9. The summed E-state index contributed by atoms with van der Waals surface area (Å²) in [6.07, 6.45) is 7.56. The Balaban J connectivity index is 1.72. The lowest BCUT2D eigenvalue weighted by molar-refractivity contribution is -0.151. The van der Waals surface area contributed by atoms with Crippen LogP contribution in [-0.4, -0.2) is 34.2 Å². The van der Waals surface area contributed by atoms with E-state index in [1.807, 2.05) is 0 Å². The topological polar surface area (TPSA) is 87.5 Å². The van der Waals surface area contributed by atoms with Crippen LogP contribution in [0.5, 0.6) is 0 Å². The van der Waals surface area contributed by atoms with Crippen LogP contribution >= 0.6 is 11.3 Å². The Morgan fingerprint density at radius 1 is 1.20 bits per heavy atom. The predicted molar refractivity (Wildman–Crippen MR) is 114 cm³/mol. The van der Waals surface area contributed by atoms with E-state index in [2.05, 4.69) is 11.9 Å². The van der Waals surface area contributed by atoms with Gasteiger partial charge in [0.15, 0.2) is 0 Å². The molecule has 2 aromatic rings. The molecule has 0 unspecified atom stereocenters. The molecule has 1 atom stereocenters. The minimum absolute atomic E-state index is 0.111. The first-order valence-electron chi connectivity index (χ1n) is 10.9. The molecular formula is C22H28N2O5S. The van der Waals surface area contributed by atoms with Crippen molar-refractivity contribution in [1.29, 1.82) is 0 Å². The van der Waals surface area contributed by atoms with Gasteiger partial charge in [0.1, 0.15) is 17.5 Å². The number of carbonyl (C=O) groups is 2. The Kier molecular flexibility index (Phi) is 6.22. The van der Waals surface area contributed by atoms with Gasteiger partial charge >= 0.3 is 11.9 Å². The van der Waals surface area contributed by atoms with E-state index < -0.39 is 11.9 Å². The molecular weight excluding hydrogens is 404 g/mol. The number of hydrogen-bond acceptors (Lipinski definition) is 7. The van der Waals surface area contributed by atoms with Crippen molar-refractivity contribution in [3.05, 3.63) is 26.6 Å². The summed E-state index contributed by atoms with van der Waals surface area (Å²) >= 11 is 1.47. The van der Waals surface area contributed by atoms with E-state index in [9.17, 15) is 14.4 Å². The number of fused-ring (bicyclic) bond motifs is 3. The number of aryl methyl sites for hydroxylation is 1. The number of hydrogen-bond donors (Lipinski definition) is 0. The molecule has 2 aliphatic rings. The van der Waals surface area contributed by atoms with E-state index in [-0.39, 0.29) is 30.6 Å². The van der Waals surface area contributed by atoms with Crippen LogP contribution in [0.3, 0.4) is 0 Å². The van der Waals surface area contributed by atoms with Crippen LogP contribution < -0.4 is 5.56 Å². The zero-order valence-electron chi connectivity index (χ0n) is 17.6. The summed E-state index contributed by atoms with van der Waals surface area (Å²) in [6.45, 7) is 3.73. The Labute approximate surface area is 179 Å². The number of thiophene rings is 1. The summed E-state index contributed by atoms with van der Waals surface area (Å²) in [5.74, 6) is -0.764. The normalized spacial score (nSPS) is 19.5.